The summed E-state index contributed by atoms with van der Waals surface area (Å²) in [6.07, 6.45) is 3.87. The number of hydrogen-bond acceptors (Lipinski definition) is 4. The van der Waals surface area contributed by atoms with E-state index in [-0.39, 0.29) is 27.9 Å². The van der Waals surface area contributed by atoms with Crippen molar-refractivity contribution < 1.29 is 9.72 Å². The lowest BCUT2D eigenvalue weighted by atomic mass is 9.92. The molecule has 108 valence electrons. The van der Waals surface area contributed by atoms with Crippen molar-refractivity contribution in [2.24, 2.45) is 5.41 Å². The molecule has 6 nitrogen and oxygen atoms in total. The lowest BCUT2D eigenvalue weighted by molar-refractivity contribution is -0.385. The number of carbonyl (C=O) groups is 1. The third-order valence-electron chi connectivity index (χ3n) is 3.58. The minimum absolute atomic E-state index is 0.0228. The molecule has 1 N–H and O–H groups in total. The van der Waals surface area contributed by atoms with Crippen molar-refractivity contribution in [2.45, 2.75) is 39.2 Å². The summed E-state index contributed by atoms with van der Waals surface area (Å²) in [5.74, 6) is -0.408. The van der Waals surface area contributed by atoms with E-state index < -0.39 is 10.8 Å². The number of nitrogens with zero attached hydrogens (tertiary/aromatic N) is 2. The highest BCUT2D eigenvalue weighted by Gasteiger charge is 2.32. The van der Waals surface area contributed by atoms with E-state index in [0.717, 1.165) is 31.5 Å². The highest BCUT2D eigenvalue weighted by molar-refractivity contribution is 6.32. The van der Waals surface area contributed by atoms with E-state index in [4.69, 9.17) is 11.6 Å². The third kappa shape index (κ3) is 3.25. The summed E-state index contributed by atoms with van der Waals surface area (Å²) in [6.45, 7) is 4.31. The zero-order valence-corrected chi connectivity index (χ0v) is 12.1. The Kier molecular flexibility index (Phi) is 3.94. The molecule has 2 rings (SSSR count). The lowest BCUT2D eigenvalue weighted by Crippen LogP contribution is -2.33. The van der Waals surface area contributed by atoms with Gasteiger partial charge in [-0.1, -0.05) is 25.4 Å². The highest BCUT2D eigenvalue weighted by Crippen LogP contribution is 2.37. The Bertz CT molecular complexity index is 560. The van der Waals surface area contributed by atoms with Gasteiger partial charge in [0.05, 0.1) is 10.5 Å². The van der Waals surface area contributed by atoms with Crippen molar-refractivity contribution in [3.8, 4) is 0 Å². The van der Waals surface area contributed by atoms with E-state index in [2.05, 4.69) is 24.1 Å². The maximum absolute atomic E-state index is 12.1. The Morgan fingerprint density at radius 3 is 2.85 bits per heavy atom. The summed E-state index contributed by atoms with van der Waals surface area (Å²) in [5, 5.41) is 13.6. The van der Waals surface area contributed by atoms with Gasteiger partial charge in [-0.15, -0.1) is 0 Å². The molecule has 0 aliphatic heterocycles. The van der Waals surface area contributed by atoms with Gasteiger partial charge in [-0.05, 0) is 24.7 Å². The molecule has 1 aromatic rings. The number of aromatic nitrogens is 1. The summed E-state index contributed by atoms with van der Waals surface area (Å²) < 4.78 is 0. The summed E-state index contributed by atoms with van der Waals surface area (Å²) in [7, 11) is 0. The maximum atomic E-state index is 12.1. The second-order valence-corrected chi connectivity index (χ2v) is 6.22. The molecule has 1 aliphatic carbocycles. The molecule has 0 radical (unpaired) electrons. The summed E-state index contributed by atoms with van der Waals surface area (Å²) in [6, 6.07) is 1.23. The molecule has 20 heavy (non-hydrogen) atoms. The van der Waals surface area contributed by atoms with Crippen LogP contribution in [0.25, 0.3) is 0 Å². The number of nitrogens with one attached hydrogen (secondary N) is 1. The van der Waals surface area contributed by atoms with Crippen LogP contribution in [0, 0.1) is 15.5 Å². The van der Waals surface area contributed by atoms with Gasteiger partial charge in [-0.2, -0.15) is 0 Å². The zero-order chi connectivity index (χ0) is 14.9. The van der Waals surface area contributed by atoms with Crippen LogP contribution >= 0.6 is 11.6 Å². The fourth-order valence-corrected chi connectivity index (χ4v) is 2.71. The van der Waals surface area contributed by atoms with Crippen LogP contribution in [-0.2, 0) is 0 Å². The molecule has 1 aliphatic rings. The van der Waals surface area contributed by atoms with E-state index in [1.165, 1.54) is 0 Å². The molecule has 1 amide bonds. The first-order valence-electron chi connectivity index (χ1n) is 6.39. The topological polar surface area (TPSA) is 85.1 Å². The van der Waals surface area contributed by atoms with Crippen LogP contribution in [0.4, 0.5) is 5.69 Å². The molecule has 1 aromatic heterocycles. The van der Waals surface area contributed by atoms with E-state index in [9.17, 15) is 14.9 Å². The van der Waals surface area contributed by atoms with Crippen molar-refractivity contribution in [2.75, 3.05) is 0 Å². The van der Waals surface area contributed by atoms with Crippen LogP contribution in [0.3, 0.4) is 0 Å². The molecule has 1 fully saturated rings. The van der Waals surface area contributed by atoms with Crippen LogP contribution in [0.5, 0.6) is 0 Å². The molecule has 0 bridgehead atoms. The number of halogens is 1. The number of nitro groups is 1. The average molecular weight is 298 g/mol. The molecule has 1 saturated carbocycles. The van der Waals surface area contributed by atoms with Gasteiger partial charge >= 0.3 is 0 Å². The quantitative estimate of drug-likeness (QED) is 0.528. The van der Waals surface area contributed by atoms with E-state index in [0.29, 0.717) is 0 Å². The van der Waals surface area contributed by atoms with Crippen molar-refractivity contribution >= 4 is 23.2 Å². The van der Waals surface area contributed by atoms with Crippen LogP contribution in [0.2, 0.25) is 5.15 Å². The minimum atomic E-state index is -0.598. The number of hydrogen-bond donors (Lipinski definition) is 1. The van der Waals surface area contributed by atoms with Gasteiger partial charge in [-0.3, -0.25) is 14.9 Å². The summed E-state index contributed by atoms with van der Waals surface area (Å²) in [4.78, 5) is 25.9. The smallest absolute Gasteiger partial charge is 0.288 e. The predicted molar refractivity (Wildman–Crippen MR) is 74.8 cm³/mol. The van der Waals surface area contributed by atoms with E-state index in [1.807, 2.05) is 0 Å². The standard InChI is InChI=1S/C13H16ClN3O3/c1-13(2)4-3-8(6-13)16-12(18)10-5-9(17(19)20)7-15-11(10)14/h5,7-8H,3-4,6H2,1-2H3,(H,16,18). The minimum Gasteiger partial charge on any atom is -0.349 e. The first kappa shape index (κ1) is 14.7. The van der Waals surface area contributed by atoms with Gasteiger partial charge in [0.15, 0.2) is 0 Å². The molecule has 0 aromatic carbocycles. The van der Waals surface area contributed by atoms with E-state index >= 15 is 0 Å². The Morgan fingerprint density at radius 1 is 1.60 bits per heavy atom. The first-order chi connectivity index (χ1) is 9.28. The molecule has 0 spiro atoms. The van der Waals surface area contributed by atoms with E-state index in [1.54, 1.807) is 0 Å². The first-order valence-corrected chi connectivity index (χ1v) is 6.77. The lowest BCUT2D eigenvalue weighted by Gasteiger charge is -2.18. The van der Waals surface area contributed by atoms with Gasteiger partial charge in [0.25, 0.3) is 11.6 Å². The molecular formula is C13H16ClN3O3. The third-order valence-corrected chi connectivity index (χ3v) is 3.89. The normalized spacial score (nSPS) is 20.6. The Hall–Kier alpha value is -1.69. The summed E-state index contributed by atoms with van der Waals surface area (Å²) in [5.41, 5.74) is 0.0136. The average Bonchev–Trinajstić information content (AvgIpc) is 2.68. The second-order valence-electron chi connectivity index (χ2n) is 5.87. The second kappa shape index (κ2) is 5.36. The number of rotatable bonds is 3. The SMILES string of the molecule is CC1(C)CCC(NC(=O)c2cc([N+](=O)[O-])cnc2Cl)C1. The zero-order valence-electron chi connectivity index (χ0n) is 11.4. The predicted octanol–water partition coefficient (Wildman–Crippen LogP) is 2.95. The molecule has 7 heteroatoms. The van der Waals surface area contributed by atoms with Crippen LogP contribution in [0.1, 0.15) is 43.5 Å². The van der Waals surface area contributed by atoms with Crippen LogP contribution in [-0.4, -0.2) is 21.9 Å². The van der Waals surface area contributed by atoms with Crippen LogP contribution in [0.15, 0.2) is 12.3 Å². The monoisotopic (exact) mass is 297 g/mol. The molecular weight excluding hydrogens is 282 g/mol. The van der Waals surface area contributed by atoms with Gasteiger partial charge < -0.3 is 5.32 Å². The van der Waals surface area contributed by atoms with Gasteiger partial charge in [0.1, 0.15) is 11.3 Å². The fraction of sp³-hybridized carbons (Fsp3) is 0.538. The Labute approximate surface area is 121 Å². The van der Waals surface area contributed by atoms with Gasteiger partial charge in [0, 0.05) is 12.1 Å². The number of amides is 1. The summed E-state index contributed by atoms with van der Waals surface area (Å²) >= 11 is 5.84. The largest absolute Gasteiger partial charge is 0.349 e. The molecule has 1 heterocycles. The fourth-order valence-electron chi connectivity index (χ4n) is 2.52. The van der Waals surface area contributed by atoms with Crippen molar-refractivity contribution in [3.63, 3.8) is 0 Å². The molecule has 0 saturated heterocycles. The van der Waals surface area contributed by atoms with Crippen molar-refractivity contribution in [1.82, 2.24) is 10.3 Å². The highest BCUT2D eigenvalue weighted by atomic mass is 35.5. The van der Waals surface area contributed by atoms with Crippen molar-refractivity contribution in [3.05, 3.63) is 33.1 Å². The van der Waals surface area contributed by atoms with Crippen molar-refractivity contribution in [1.29, 1.82) is 0 Å². The molecule has 1 atom stereocenters. The van der Waals surface area contributed by atoms with Gasteiger partial charge in [0.2, 0.25) is 0 Å². The molecule has 1 unspecified atom stereocenters. The number of carbonyl (C=O) groups excluding carboxylic acids is 1. The maximum Gasteiger partial charge on any atom is 0.288 e. The Balaban J connectivity index is 2.13. The van der Waals surface area contributed by atoms with Gasteiger partial charge in [-0.25, -0.2) is 4.98 Å². The number of pyridine rings is 1. The Morgan fingerprint density at radius 2 is 2.30 bits per heavy atom. The van der Waals surface area contributed by atoms with Crippen LogP contribution < -0.4 is 5.32 Å².